The van der Waals surface area contributed by atoms with Crippen molar-refractivity contribution in [1.82, 2.24) is 15.2 Å². The highest BCUT2D eigenvalue weighted by atomic mass is 32.1. The summed E-state index contributed by atoms with van der Waals surface area (Å²) in [6.45, 7) is 5.14. The molecular formula is C15H19N3OS. The molecule has 2 heterocycles. The van der Waals surface area contributed by atoms with Gasteiger partial charge in [-0.25, -0.2) is 4.98 Å². The van der Waals surface area contributed by atoms with Crippen LogP contribution in [0, 0.1) is 0 Å². The standard InChI is InChI=1S/C15H19N3OS/c1-2-18-7-3-4-12(18)9-16-15(19)11-5-6-13-14(8-11)20-10-17-13/h5-6,8,10,12H,2-4,7,9H2,1H3,(H,16,19)/t12-/m1/s1. The molecule has 0 bridgehead atoms. The number of hydrogen-bond acceptors (Lipinski definition) is 4. The maximum Gasteiger partial charge on any atom is 0.251 e. The van der Waals surface area contributed by atoms with Crippen LogP contribution in [0.5, 0.6) is 0 Å². The number of likely N-dealkylation sites (tertiary alicyclic amines) is 1. The zero-order valence-corrected chi connectivity index (χ0v) is 12.4. The molecule has 0 unspecified atom stereocenters. The lowest BCUT2D eigenvalue weighted by Gasteiger charge is -2.22. The van der Waals surface area contributed by atoms with Crippen molar-refractivity contribution in [1.29, 1.82) is 0 Å². The van der Waals surface area contributed by atoms with Gasteiger partial charge in [-0.05, 0) is 44.1 Å². The van der Waals surface area contributed by atoms with Gasteiger partial charge < -0.3 is 5.32 Å². The molecule has 1 aliphatic rings. The highest BCUT2D eigenvalue weighted by Gasteiger charge is 2.23. The Morgan fingerprint density at radius 2 is 2.45 bits per heavy atom. The van der Waals surface area contributed by atoms with Crippen molar-refractivity contribution in [3.05, 3.63) is 29.3 Å². The maximum absolute atomic E-state index is 12.2. The Labute approximate surface area is 122 Å². The molecule has 0 radical (unpaired) electrons. The van der Waals surface area contributed by atoms with Crippen LogP contribution in [0.15, 0.2) is 23.7 Å². The Hall–Kier alpha value is -1.46. The molecule has 1 aromatic heterocycles. The van der Waals surface area contributed by atoms with Crippen LogP contribution in [0.2, 0.25) is 0 Å². The summed E-state index contributed by atoms with van der Waals surface area (Å²) in [5, 5.41) is 3.07. The van der Waals surface area contributed by atoms with Crippen molar-refractivity contribution < 1.29 is 4.79 Å². The Balaban J connectivity index is 1.63. The highest BCUT2D eigenvalue weighted by Crippen LogP contribution is 2.19. The summed E-state index contributed by atoms with van der Waals surface area (Å²) in [7, 11) is 0. The molecular weight excluding hydrogens is 270 g/mol. The number of thiazole rings is 1. The Morgan fingerprint density at radius 3 is 3.30 bits per heavy atom. The van der Waals surface area contributed by atoms with E-state index in [1.165, 1.54) is 12.8 Å². The largest absolute Gasteiger partial charge is 0.350 e. The van der Waals surface area contributed by atoms with Crippen molar-refractivity contribution in [2.75, 3.05) is 19.6 Å². The number of likely N-dealkylation sites (N-methyl/N-ethyl adjacent to an activating group) is 1. The quantitative estimate of drug-likeness (QED) is 0.940. The predicted octanol–water partition coefficient (Wildman–Crippen LogP) is 2.51. The number of nitrogens with one attached hydrogen (secondary N) is 1. The molecule has 3 rings (SSSR count). The summed E-state index contributed by atoms with van der Waals surface area (Å²) in [6.07, 6.45) is 2.42. The Morgan fingerprint density at radius 1 is 1.55 bits per heavy atom. The zero-order chi connectivity index (χ0) is 13.9. The minimum absolute atomic E-state index is 0.0169. The van der Waals surface area contributed by atoms with Crippen molar-refractivity contribution in [2.24, 2.45) is 0 Å². The topological polar surface area (TPSA) is 45.2 Å². The van der Waals surface area contributed by atoms with E-state index in [1.54, 1.807) is 11.3 Å². The second-order valence-electron chi connectivity index (χ2n) is 5.17. The van der Waals surface area contributed by atoms with Crippen molar-refractivity contribution in [3.8, 4) is 0 Å². The maximum atomic E-state index is 12.2. The van der Waals surface area contributed by atoms with E-state index in [0.29, 0.717) is 6.04 Å². The average Bonchev–Trinajstić information content (AvgIpc) is 3.12. The van der Waals surface area contributed by atoms with Gasteiger partial charge in [-0.15, -0.1) is 11.3 Å². The minimum Gasteiger partial charge on any atom is -0.350 e. The third-order valence-electron chi connectivity index (χ3n) is 4.00. The minimum atomic E-state index is 0.0169. The van der Waals surface area contributed by atoms with Gasteiger partial charge in [-0.3, -0.25) is 9.69 Å². The van der Waals surface area contributed by atoms with Gasteiger partial charge in [-0.1, -0.05) is 6.92 Å². The monoisotopic (exact) mass is 289 g/mol. The van der Waals surface area contributed by atoms with Gasteiger partial charge in [0.15, 0.2) is 0 Å². The summed E-state index contributed by atoms with van der Waals surface area (Å²) in [5.74, 6) is 0.0169. The van der Waals surface area contributed by atoms with Gasteiger partial charge in [-0.2, -0.15) is 0 Å². The number of nitrogens with zero attached hydrogens (tertiary/aromatic N) is 2. The summed E-state index contributed by atoms with van der Waals surface area (Å²) in [5.41, 5.74) is 3.49. The van der Waals surface area contributed by atoms with Crippen molar-refractivity contribution in [3.63, 3.8) is 0 Å². The highest BCUT2D eigenvalue weighted by molar-refractivity contribution is 7.16. The third-order valence-corrected chi connectivity index (χ3v) is 4.79. The molecule has 4 nitrogen and oxygen atoms in total. The fraction of sp³-hybridized carbons (Fsp3) is 0.467. The first-order chi connectivity index (χ1) is 9.78. The number of amides is 1. The van der Waals surface area contributed by atoms with E-state index in [1.807, 2.05) is 23.7 Å². The fourth-order valence-corrected chi connectivity index (χ4v) is 3.57. The fourth-order valence-electron chi connectivity index (χ4n) is 2.85. The summed E-state index contributed by atoms with van der Waals surface area (Å²) in [4.78, 5) is 18.9. The van der Waals surface area contributed by atoms with Crippen molar-refractivity contribution in [2.45, 2.75) is 25.8 Å². The van der Waals surface area contributed by atoms with Crippen LogP contribution < -0.4 is 5.32 Å². The normalized spacial score (nSPS) is 19.6. The zero-order valence-electron chi connectivity index (χ0n) is 11.6. The van der Waals surface area contributed by atoms with Crippen LogP contribution in [-0.2, 0) is 0 Å². The second kappa shape index (κ2) is 5.89. The molecule has 1 saturated heterocycles. The molecule has 1 N–H and O–H groups in total. The van der Waals surface area contributed by atoms with Crippen LogP contribution in [0.25, 0.3) is 10.2 Å². The van der Waals surface area contributed by atoms with Gasteiger partial charge in [0, 0.05) is 18.2 Å². The first-order valence-electron chi connectivity index (χ1n) is 7.13. The van der Waals surface area contributed by atoms with E-state index in [4.69, 9.17) is 0 Å². The molecule has 2 aromatic rings. The molecule has 5 heteroatoms. The molecule has 1 fully saturated rings. The molecule has 20 heavy (non-hydrogen) atoms. The SMILES string of the molecule is CCN1CCC[C@@H]1CNC(=O)c1ccc2ncsc2c1. The van der Waals surface area contributed by atoms with Crippen LogP contribution in [0.4, 0.5) is 0 Å². The molecule has 1 aromatic carbocycles. The van der Waals surface area contributed by atoms with Crippen LogP contribution in [0.1, 0.15) is 30.1 Å². The molecule has 106 valence electrons. The van der Waals surface area contributed by atoms with Crippen LogP contribution in [0.3, 0.4) is 0 Å². The first kappa shape index (κ1) is 13.5. The number of carbonyl (C=O) groups is 1. The number of benzene rings is 1. The summed E-state index contributed by atoms with van der Waals surface area (Å²) in [6, 6.07) is 6.18. The van der Waals surface area contributed by atoms with E-state index in [2.05, 4.69) is 22.1 Å². The average molecular weight is 289 g/mol. The van der Waals surface area contributed by atoms with Gasteiger partial charge in [0.1, 0.15) is 0 Å². The molecule has 1 amide bonds. The Kier molecular flexibility index (Phi) is 3.98. The smallest absolute Gasteiger partial charge is 0.251 e. The van der Waals surface area contributed by atoms with E-state index >= 15 is 0 Å². The molecule has 0 saturated carbocycles. The molecule has 0 aliphatic carbocycles. The number of aromatic nitrogens is 1. The van der Waals surface area contributed by atoms with Crippen molar-refractivity contribution >= 4 is 27.5 Å². The number of rotatable bonds is 4. The lowest BCUT2D eigenvalue weighted by Crippen LogP contribution is -2.40. The van der Waals surface area contributed by atoms with E-state index in [-0.39, 0.29) is 5.91 Å². The van der Waals surface area contributed by atoms with E-state index < -0.39 is 0 Å². The number of hydrogen-bond donors (Lipinski definition) is 1. The lowest BCUT2D eigenvalue weighted by atomic mass is 10.2. The molecule has 1 aliphatic heterocycles. The summed E-state index contributed by atoms with van der Waals surface area (Å²) < 4.78 is 1.06. The number of fused-ring (bicyclic) bond motifs is 1. The first-order valence-corrected chi connectivity index (χ1v) is 8.01. The molecule has 1 atom stereocenters. The van der Waals surface area contributed by atoms with E-state index in [9.17, 15) is 4.79 Å². The Bertz CT molecular complexity index is 610. The van der Waals surface area contributed by atoms with Gasteiger partial charge in [0.05, 0.1) is 15.7 Å². The van der Waals surface area contributed by atoms with E-state index in [0.717, 1.165) is 35.4 Å². The van der Waals surface area contributed by atoms with Crippen LogP contribution in [-0.4, -0.2) is 41.5 Å². The third kappa shape index (κ3) is 2.69. The van der Waals surface area contributed by atoms with Crippen LogP contribution >= 0.6 is 11.3 Å². The second-order valence-corrected chi connectivity index (χ2v) is 6.06. The lowest BCUT2D eigenvalue weighted by molar-refractivity contribution is 0.0941. The predicted molar refractivity (Wildman–Crippen MR) is 82.2 cm³/mol. The number of carbonyl (C=O) groups excluding carboxylic acids is 1. The van der Waals surface area contributed by atoms with Gasteiger partial charge in [0.25, 0.3) is 5.91 Å². The van der Waals surface area contributed by atoms with Gasteiger partial charge in [0.2, 0.25) is 0 Å². The summed E-state index contributed by atoms with van der Waals surface area (Å²) >= 11 is 1.57. The van der Waals surface area contributed by atoms with Gasteiger partial charge >= 0.3 is 0 Å². The molecule has 0 spiro atoms.